The Balaban J connectivity index is 2.13. The van der Waals surface area contributed by atoms with Crippen molar-refractivity contribution < 1.29 is 18.0 Å². The summed E-state index contributed by atoms with van der Waals surface area (Å²) in [5.41, 5.74) is 5.81. The molecule has 2 aromatic carbocycles. The molecule has 2 rings (SSSR count). The van der Waals surface area contributed by atoms with Crippen LogP contribution in [0.3, 0.4) is 0 Å². The predicted octanol–water partition coefficient (Wildman–Crippen LogP) is 2.22. The minimum absolute atomic E-state index is 0.0557. The molecule has 2 amide bonds. The highest BCUT2D eigenvalue weighted by Crippen LogP contribution is 2.16. The summed E-state index contributed by atoms with van der Waals surface area (Å²) in [6.07, 6.45) is -0.246. The largest absolute Gasteiger partial charge is 0.370 e. The molecule has 0 aromatic heterocycles. The van der Waals surface area contributed by atoms with Crippen LogP contribution in [-0.4, -0.2) is 26.3 Å². The van der Waals surface area contributed by atoms with E-state index in [0.29, 0.717) is 15.6 Å². The fourth-order valence-electron chi connectivity index (χ4n) is 2.35. The van der Waals surface area contributed by atoms with Gasteiger partial charge in [-0.1, -0.05) is 41.4 Å². The maximum absolute atomic E-state index is 12.6. The van der Waals surface area contributed by atoms with Gasteiger partial charge in [0.25, 0.3) is 0 Å². The molecule has 0 fully saturated rings. The number of nitrogens with one attached hydrogen (secondary N) is 2. The van der Waals surface area contributed by atoms with Gasteiger partial charge in [-0.05, 0) is 42.3 Å². The van der Waals surface area contributed by atoms with Gasteiger partial charge < -0.3 is 11.1 Å². The number of carbonyl (C=O) groups is 2. The minimum Gasteiger partial charge on any atom is -0.370 e. The van der Waals surface area contributed by atoms with E-state index in [-0.39, 0.29) is 24.3 Å². The van der Waals surface area contributed by atoms with Crippen molar-refractivity contribution in [3.05, 3.63) is 64.1 Å². The van der Waals surface area contributed by atoms with Crippen molar-refractivity contribution in [2.24, 2.45) is 5.73 Å². The molecule has 2 aromatic rings. The number of amides is 2. The van der Waals surface area contributed by atoms with Gasteiger partial charge in [0.05, 0.1) is 4.90 Å². The third-order valence-corrected chi connectivity index (χ3v) is 5.94. The van der Waals surface area contributed by atoms with Gasteiger partial charge >= 0.3 is 0 Å². The molecule has 0 bridgehead atoms. The molecule has 28 heavy (non-hydrogen) atoms. The number of carbonyl (C=O) groups excluding carboxylic acids is 2. The van der Waals surface area contributed by atoms with Crippen molar-refractivity contribution in [1.82, 2.24) is 10.0 Å². The molecule has 0 saturated carbocycles. The van der Waals surface area contributed by atoms with Crippen LogP contribution in [0, 0.1) is 0 Å². The zero-order valence-corrected chi connectivity index (χ0v) is 17.0. The summed E-state index contributed by atoms with van der Waals surface area (Å²) in [6.45, 7) is 0.105. The first-order chi connectivity index (χ1) is 13.2. The third-order valence-electron chi connectivity index (χ3n) is 3.83. The quantitative estimate of drug-likeness (QED) is 0.550. The summed E-state index contributed by atoms with van der Waals surface area (Å²) in [4.78, 5) is 23.6. The van der Waals surface area contributed by atoms with Gasteiger partial charge in [-0.2, -0.15) is 4.72 Å². The monoisotopic (exact) mass is 443 g/mol. The molecule has 0 aliphatic heterocycles. The van der Waals surface area contributed by atoms with Crippen LogP contribution < -0.4 is 15.8 Å². The maximum atomic E-state index is 12.6. The average molecular weight is 444 g/mol. The number of rotatable bonds is 9. The van der Waals surface area contributed by atoms with Gasteiger partial charge in [-0.15, -0.1) is 0 Å². The van der Waals surface area contributed by atoms with E-state index in [1.807, 2.05) is 0 Å². The first-order valence-corrected chi connectivity index (χ1v) is 10.5. The van der Waals surface area contributed by atoms with E-state index in [4.69, 9.17) is 28.9 Å². The van der Waals surface area contributed by atoms with Crippen LogP contribution in [0.25, 0.3) is 0 Å². The molecule has 0 aliphatic rings. The Hall–Kier alpha value is -2.13. The SMILES string of the molecule is NC(=O)CC[C@H](NS(=O)(=O)c1ccc(Cl)cc1)C(=O)NCc1ccccc1Cl. The number of nitrogens with two attached hydrogens (primary N) is 1. The normalized spacial score (nSPS) is 12.4. The molecule has 0 aliphatic carbocycles. The van der Waals surface area contributed by atoms with E-state index >= 15 is 0 Å². The first-order valence-electron chi connectivity index (χ1n) is 8.26. The Kier molecular flexibility index (Phi) is 7.82. The fourth-order valence-corrected chi connectivity index (χ4v) is 3.90. The van der Waals surface area contributed by atoms with E-state index in [1.165, 1.54) is 24.3 Å². The van der Waals surface area contributed by atoms with E-state index in [2.05, 4.69) is 10.0 Å². The lowest BCUT2D eigenvalue weighted by Gasteiger charge is -2.18. The molecule has 0 heterocycles. The minimum atomic E-state index is -4.01. The Labute approximate surface area is 173 Å². The van der Waals surface area contributed by atoms with E-state index in [0.717, 1.165) is 0 Å². The number of hydrogen-bond acceptors (Lipinski definition) is 4. The molecule has 0 unspecified atom stereocenters. The van der Waals surface area contributed by atoms with Crippen LogP contribution in [0.2, 0.25) is 10.0 Å². The predicted molar refractivity (Wildman–Crippen MR) is 107 cm³/mol. The molecule has 0 spiro atoms. The molecule has 0 radical (unpaired) electrons. The van der Waals surface area contributed by atoms with Crippen molar-refractivity contribution in [1.29, 1.82) is 0 Å². The summed E-state index contributed by atoms with van der Waals surface area (Å²) in [5.74, 6) is -1.24. The van der Waals surface area contributed by atoms with Crippen LogP contribution in [-0.2, 0) is 26.2 Å². The highest BCUT2D eigenvalue weighted by molar-refractivity contribution is 7.89. The highest BCUT2D eigenvalue weighted by Gasteiger charge is 2.26. The fraction of sp³-hybridized carbons (Fsp3) is 0.222. The van der Waals surface area contributed by atoms with Crippen LogP contribution in [0.5, 0.6) is 0 Å². The zero-order valence-electron chi connectivity index (χ0n) is 14.7. The van der Waals surface area contributed by atoms with Crippen LogP contribution in [0.15, 0.2) is 53.4 Å². The number of halogens is 2. The summed E-state index contributed by atoms with van der Waals surface area (Å²) in [7, 11) is -4.01. The molecular formula is C18H19Cl2N3O4S. The Morgan fingerprint density at radius 1 is 1.04 bits per heavy atom. The summed E-state index contributed by atoms with van der Waals surface area (Å²) in [6, 6.07) is 11.2. The third kappa shape index (κ3) is 6.49. The lowest BCUT2D eigenvalue weighted by molar-refractivity contribution is -0.123. The zero-order chi connectivity index (χ0) is 20.7. The number of hydrogen-bond donors (Lipinski definition) is 3. The van der Waals surface area contributed by atoms with Crippen LogP contribution in [0.4, 0.5) is 0 Å². The smallest absolute Gasteiger partial charge is 0.241 e. The summed E-state index contributed by atoms with van der Waals surface area (Å²) < 4.78 is 27.4. The van der Waals surface area contributed by atoms with Crippen molar-refractivity contribution in [2.75, 3.05) is 0 Å². The first kappa shape index (κ1) is 22.2. The Bertz CT molecular complexity index is 950. The second-order valence-corrected chi connectivity index (χ2v) is 8.50. The average Bonchev–Trinajstić information content (AvgIpc) is 2.64. The summed E-state index contributed by atoms with van der Waals surface area (Å²) in [5, 5.41) is 3.47. The molecule has 1 atom stereocenters. The number of sulfonamides is 1. The van der Waals surface area contributed by atoms with E-state index < -0.39 is 27.9 Å². The lowest BCUT2D eigenvalue weighted by atomic mass is 10.1. The van der Waals surface area contributed by atoms with Gasteiger partial charge in [0.2, 0.25) is 21.8 Å². The molecule has 10 heteroatoms. The molecule has 0 saturated heterocycles. The molecule has 7 nitrogen and oxygen atoms in total. The maximum Gasteiger partial charge on any atom is 0.241 e. The molecule has 150 valence electrons. The second-order valence-electron chi connectivity index (χ2n) is 5.94. The van der Waals surface area contributed by atoms with E-state index in [9.17, 15) is 18.0 Å². The number of primary amides is 1. The lowest BCUT2D eigenvalue weighted by Crippen LogP contribution is -2.46. The number of benzene rings is 2. The topological polar surface area (TPSA) is 118 Å². The van der Waals surface area contributed by atoms with Crippen molar-refractivity contribution in [2.45, 2.75) is 30.3 Å². The van der Waals surface area contributed by atoms with Gasteiger partial charge in [-0.3, -0.25) is 9.59 Å². The summed E-state index contributed by atoms with van der Waals surface area (Å²) >= 11 is 11.8. The second kappa shape index (κ2) is 9.88. The van der Waals surface area contributed by atoms with E-state index in [1.54, 1.807) is 24.3 Å². The molecule has 4 N–H and O–H groups in total. The highest BCUT2D eigenvalue weighted by atomic mass is 35.5. The van der Waals surface area contributed by atoms with Crippen molar-refractivity contribution >= 4 is 45.0 Å². The van der Waals surface area contributed by atoms with Crippen molar-refractivity contribution in [3.63, 3.8) is 0 Å². The van der Waals surface area contributed by atoms with Gasteiger partial charge in [0.1, 0.15) is 6.04 Å². The van der Waals surface area contributed by atoms with Gasteiger partial charge in [-0.25, -0.2) is 8.42 Å². The van der Waals surface area contributed by atoms with Crippen LogP contribution >= 0.6 is 23.2 Å². The standard InChI is InChI=1S/C18H19Cl2N3O4S/c19-13-5-7-14(8-6-13)28(26,27)23-16(9-10-17(21)24)18(25)22-11-12-3-1-2-4-15(12)20/h1-8,16,23H,9-11H2,(H2,21,24)(H,22,25)/t16-/m0/s1. The Morgan fingerprint density at radius 3 is 2.29 bits per heavy atom. The Morgan fingerprint density at radius 2 is 1.68 bits per heavy atom. The van der Waals surface area contributed by atoms with Gasteiger partial charge in [0.15, 0.2) is 0 Å². The molecular weight excluding hydrogens is 425 g/mol. The van der Waals surface area contributed by atoms with Crippen LogP contribution in [0.1, 0.15) is 18.4 Å². The van der Waals surface area contributed by atoms with Crippen molar-refractivity contribution in [3.8, 4) is 0 Å². The van der Waals surface area contributed by atoms with Gasteiger partial charge in [0, 0.05) is 23.0 Å².